The van der Waals surface area contributed by atoms with Gasteiger partial charge >= 0.3 is 0 Å². The van der Waals surface area contributed by atoms with Crippen molar-refractivity contribution in [1.29, 1.82) is 5.26 Å². The first-order valence-electron chi connectivity index (χ1n) is 6.91. The van der Waals surface area contributed by atoms with Gasteiger partial charge in [-0.05, 0) is 25.0 Å². The van der Waals surface area contributed by atoms with E-state index in [1.165, 1.54) is 23.8 Å². The first-order chi connectivity index (χ1) is 9.83. The normalized spacial score (nSPS) is 14.2. The highest BCUT2D eigenvalue weighted by atomic mass is 79.9. The third-order valence-electron chi connectivity index (χ3n) is 3.65. The zero-order valence-corrected chi connectivity index (χ0v) is 12.8. The van der Waals surface area contributed by atoms with Crippen molar-refractivity contribution < 1.29 is 0 Å². The maximum Gasteiger partial charge on any atom is 0.133 e. The molecule has 0 atom stereocenters. The van der Waals surface area contributed by atoms with E-state index in [0.29, 0.717) is 12.5 Å². The van der Waals surface area contributed by atoms with Crippen LogP contribution in [-0.2, 0) is 5.33 Å². The van der Waals surface area contributed by atoms with Crippen molar-refractivity contribution in [3.8, 4) is 6.07 Å². The number of benzene rings is 1. The van der Waals surface area contributed by atoms with E-state index >= 15 is 0 Å². The topological polar surface area (TPSA) is 39.9 Å². The molecule has 20 heavy (non-hydrogen) atoms. The van der Waals surface area contributed by atoms with Gasteiger partial charge in [-0.1, -0.05) is 34.1 Å². The molecule has 1 fully saturated rings. The maximum atomic E-state index is 8.86. The number of hydrogen-bond donors (Lipinski definition) is 0. The van der Waals surface area contributed by atoms with Crippen LogP contribution in [0.25, 0.3) is 10.9 Å². The van der Waals surface area contributed by atoms with E-state index in [1.807, 2.05) is 18.2 Å². The molecule has 3 nitrogen and oxygen atoms in total. The minimum Gasteiger partial charge on any atom is -0.352 e. The number of rotatable bonds is 5. The maximum absolute atomic E-state index is 8.86. The van der Waals surface area contributed by atoms with E-state index in [-0.39, 0.29) is 0 Å². The van der Waals surface area contributed by atoms with E-state index in [2.05, 4.69) is 39.0 Å². The van der Waals surface area contributed by atoms with Crippen LogP contribution in [0.15, 0.2) is 30.3 Å². The van der Waals surface area contributed by atoms with Crippen molar-refractivity contribution in [2.75, 3.05) is 11.4 Å². The van der Waals surface area contributed by atoms with Crippen LogP contribution < -0.4 is 4.90 Å². The molecule has 0 spiro atoms. The second-order valence-electron chi connectivity index (χ2n) is 5.13. The van der Waals surface area contributed by atoms with Crippen molar-refractivity contribution in [2.45, 2.75) is 30.6 Å². The Hall–Kier alpha value is -1.60. The Morgan fingerprint density at radius 2 is 2.15 bits per heavy atom. The molecule has 0 saturated heterocycles. The number of nitriles is 1. The van der Waals surface area contributed by atoms with Gasteiger partial charge in [0.05, 0.1) is 18.0 Å². The highest BCUT2D eigenvalue weighted by molar-refractivity contribution is 9.08. The molecule has 4 heteroatoms. The number of aromatic nitrogens is 1. The molecule has 2 aromatic rings. The van der Waals surface area contributed by atoms with Crippen LogP contribution in [0.2, 0.25) is 0 Å². The van der Waals surface area contributed by atoms with E-state index in [1.54, 1.807) is 0 Å². The average Bonchev–Trinajstić information content (AvgIpc) is 3.31. The summed E-state index contributed by atoms with van der Waals surface area (Å²) in [6.45, 7) is 0.770. The second kappa shape index (κ2) is 5.80. The number of halogens is 1. The van der Waals surface area contributed by atoms with Gasteiger partial charge in [-0.3, -0.25) is 0 Å². The predicted molar refractivity (Wildman–Crippen MR) is 85.0 cm³/mol. The monoisotopic (exact) mass is 329 g/mol. The molecule has 1 aromatic heterocycles. The summed E-state index contributed by atoms with van der Waals surface area (Å²) in [5.41, 5.74) is 2.23. The molecule has 0 amide bonds. The van der Waals surface area contributed by atoms with Gasteiger partial charge in [0, 0.05) is 28.9 Å². The molecule has 0 unspecified atom stereocenters. The van der Waals surface area contributed by atoms with Gasteiger partial charge in [-0.25, -0.2) is 4.98 Å². The van der Waals surface area contributed by atoms with Crippen molar-refractivity contribution in [1.82, 2.24) is 4.98 Å². The second-order valence-corrected chi connectivity index (χ2v) is 5.69. The Labute approximate surface area is 127 Å². The van der Waals surface area contributed by atoms with Crippen molar-refractivity contribution in [3.63, 3.8) is 0 Å². The summed E-state index contributed by atoms with van der Waals surface area (Å²) in [4.78, 5) is 7.16. The smallest absolute Gasteiger partial charge is 0.133 e. The lowest BCUT2D eigenvalue weighted by molar-refractivity contribution is 0.776. The molecule has 1 aliphatic rings. The Balaban J connectivity index is 2.05. The summed E-state index contributed by atoms with van der Waals surface area (Å²) in [7, 11) is 0. The van der Waals surface area contributed by atoms with Gasteiger partial charge in [0.25, 0.3) is 0 Å². The van der Waals surface area contributed by atoms with Gasteiger partial charge < -0.3 is 4.90 Å². The highest BCUT2D eigenvalue weighted by Gasteiger charge is 2.31. The predicted octanol–water partition coefficient (Wildman–Crippen LogP) is 4.01. The molecule has 0 aliphatic heterocycles. The van der Waals surface area contributed by atoms with Gasteiger partial charge in [-0.15, -0.1) is 0 Å². The summed E-state index contributed by atoms with van der Waals surface area (Å²) >= 11 is 3.57. The van der Waals surface area contributed by atoms with Gasteiger partial charge in [0.15, 0.2) is 0 Å². The lowest BCUT2D eigenvalue weighted by Crippen LogP contribution is -2.28. The van der Waals surface area contributed by atoms with Crippen LogP contribution in [0.3, 0.4) is 0 Å². The summed E-state index contributed by atoms with van der Waals surface area (Å²) in [6.07, 6.45) is 2.97. The standard InChI is InChI=1S/C16H16BrN3/c17-11-13-10-12-4-1-2-5-15(12)19-16(13)20(9-3-8-18)14-6-7-14/h1-2,4-5,10,14H,3,6-7,9,11H2. The third kappa shape index (κ3) is 2.64. The lowest BCUT2D eigenvalue weighted by atomic mass is 10.1. The fraction of sp³-hybridized carbons (Fsp3) is 0.375. The molecule has 0 N–H and O–H groups in total. The van der Waals surface area contributed by atoms with E-state index in [9.17, 15) is 0 Å². The third-order valence-corrected chi connectivity index (χ3v) is 4.25. The van der Waals surface area contributed by atoms with Gasteiger partial charge in [-0.2, -0.15) is 5.26 Å². The SMILES string of the molecule is N#CCCN(c1nc2ccccc2cc1CBr)C1CC1. The molecule has 1 heterocycles. The number of nitrogens with zero attached hydrogens (tertiary/aromatic N) is 3. The Morgan fingerprint density at radius 3 is 2.85 bits per heavy atom. The summed E-state index contributed by atoms with van der Waals surface area (Å²) in [6, 6.07) is 13.2. The Morgan fingerprint density at radius 1 is 1.35 bits per heavy atom. The van der Waals surface area contributed by atoms with E-state index in [4.69, 9.17) is 10.2 Å². The fourth-order valence-corrected chi connectivity index (χ4v) is 2.93. The first kappa shape index (κ1) is 13.4. The zero-order chi connectivity index (χ0) is 13.9. The largest absolute Gasteiger partial charge is 0.352 e. The van der Waals surface area contributed by atoms with Crippen molar-refractivity contribution in [3.05, 3.63) is 35.9 Å². The number of alkyl halides is 1. The quantitative estimate of drug-likeness (QED) is 0.778. The van der Waals surface area contributed by atoms with Crippen molar-refractivity contribution >= 4 is 32.7 Å². The fourth-order valence-electron chi connectivity index (χ4n) is 2.51. The van der Waals surface area contributed by atoms with Crippen LogP contribution >= 0.6 is 15.9 Å². The number of fused-ring (bicyclic) bond motifs is 1. The Bertz CT molecular complexity index is 658. The van der Waals surface area contributed by atoms with E-state index < -0.39 is 0 Å². The molecule has 102 valence electrons. The highest BCUT2D eigenvalue weighted by Crippen LogP contribution is 2.34. The molecular formula is C16H16BrN3. The molecule has 0 radical (unpaired) electrons. The van der Waals surface area contributed by atoms with Gasteiger partial charge in [0.2, 0.25) is 0 Å². The lowest BCUT2D eigenvalue weighted by Gasteiger charge is -2.25. The number of anilines is 1. The molecule has 1 aliphatic carbocycles. The number of hydrogen-bond acceptors (Lipinski definition) is 3. The minimum atomic E-state index is 0.548. The summed E-state index contributed by atoms with van der Waals surface area (Å²) in [5.74, 6) is 1.04. The molecule has 0 bridgehead atoms. The van der Waals surface area contributed by atoms with Crippen LogP contribution in [0.5, 0.6) is 0 Å². The Kier molecular flexibility index (Phi) is 3.88. The zero-order valence-electron chi connectivity index (χ0n) is 11.2. The average molecular weight is 330 g/mol. The molecule has 1 saturated carbocycles. The summed E-state index contributed by atoms with van der Waals surface area (Å²) in [5, 5.41) is 10.8. The van der Waals surface area contributed by atoms with Gasteiger partial charge in [0.1, 0.15) is 5.82 Å². The minimum absolute atomic E-state index is 0.548. The van der Waals surface area contributed by atoms with Crippen LogP contribution in [-0.4, -0.2) is 17.6 Å². The number of para-hydroxylation sites is 1. The van der Waals surface area contributed by atoms with Crippen molar-refractivity contribution in [2.24, 2.45) is 0 Å². The molecular weight excluding hydrogens is 314 g/mol. The van der Waals surface area contributed by atoms with Crippen LogP contribution in [0.4, 0.5) is 5.82 Å². The van der Waals surface area contributed by atoms with Crippen LogP contribution in [0.1, 0.15) is 24.8 Å². The first-order valence-corrected chi connectivity index (χ1v) is 8.04. The molecule has 3 rings (SSSR count). The number of pyridine rings is 1. The summed E-state index contributed by atoms with van der Waals surface area (Å²) < 4.78 is 0. The van der Waals surface area contributed by atoms with Crippen LogP contribution in [0, 0.1) is 11.3 Å². The molecule has 1 aromatic carbocycles. The van der Waals surface area contributed by atoms with E-state index in [0.717, 1.165) is 23.2 Å².